The lowest BCUT2D eigenvalue weighted by Gasteiger charge is -2.21. The van der Waals surface area contributed by atoms with E-state index < -0.39 is 31.3 Å². The summed E-state index contributed by atoms with van der Waals surface area (Å²) in [5.41, 5.74) is 6.14. The Morgan fingerprint density at radius 3 is 2.33 bits per heavy atom. The van der Waals surface area contributed by atoms with E-state index in [0.717, 1.165) is 0 Å². The Morgan fingerprint density at radius 1 is 1.58 bits per heavy atom. The molecule has 0 heterocycles. The zero-order chi connectivity index (χ0) is 9.78. The first-order chi connectivity index (χ1) is 5.42. The molecule has 0 aliphatic heterocycles. The molecule has 1 unspecified atom stereocenters. The van der Waals surface area contributed by atoms with E-state index in [0.29, 0.717) is 0 Å². The fraction of sp³-hybridized carbons (Fsp3) is 0.800. The maximum absolute atomic E-state index is 12.8. The van der Waals surface area contributed by atoms with Crippen LogP contribution in [-0.2, 0) is 4.74 Å². The van der Waals surface area contributed by atoms with E-state index in [4.69, 9.17) is 5.73 Å². The maximum Gasteiger partial charge on any atom is 0.404 e. The van der Waals surface area contributed by atoms with Crippen LogP contribution in [0.4, 0.5) is 18.0 Å². The second-order valence-corrected chi connectivity index (χ2v) is 2.15. The van der Waals surface area contributed by atoms with Gasteiger partial charge in [0.05, 0.1) is 0 Å². The van der Waals surface area contributed by atoms with Crippen molar-refractivity contribution in [3.63, 3.8) is 0 Å². The molecule has 0 aromatic carbocycles. The predicted octanol–water partition coefficient (Wildman–Crippen LogP) is 0.0138. The summed E-state index contributed by atoms with van der Waals surface area (Å²) in [5, 5.41) is 0. The topological polar surface area (TPSA) is 78.3 Å². The van der Waals surface area contributed by atoms with E-state index in [9.17, 15) is 18.0 Å². The summed E-state index contributed by atoms with van der Waals surface area (Å²) in [6.45, 7) is -2.06. The lowest BCUT2D eigenvalue weighted by atomic mass is 10.1. The average molecular weight is 186 g/mol. The normalized spacial score (nSPS) is 15.8. The third kappa shape index (κ3) is 2.95. The Balaban J connectivity index is 4.05. The van der Waals surface area contributed by atoms with Gasteiger partial charge in [0.2, 0.25) is 5.67 Å². The molecule has 0 spiro atoms. The molecular weight excluding hydrogens is 177 g/mol. The van der Waals surface area contributed by atoms with E-state index in [1.54, 1.807) is 0 Å². The van der Waals surface area contributed by atoms with Gasteiger partial charge in [0.15, 0.2) is 0 Å². The van der Waals surface area contributed by atoms with Crippen LogP contribution in [0.25, 0.3) is 0 Å². The summed E-state index contributed by atoms with van der Waals surface area (Å²) in [6, 6.07) is 0. The first-order valence-electron chi connectivity index (χ1n) is 3.02. The standard InChI is InChI=1S/C5H9F3N2O2/c6-3(7)5(8,1-9)2-12-4(10)11/h3H,1-2,9H2,(H2,10,11). The zero-order valence-corrected chi connectivity index (χ0v) is 6.10. The van der Waals surface area contributed by atoms with Crippen LogP contribution in [0.5, 0.6) is 0 Å². The minimum absolute atomic E-state index is 0.933. The first kappa shape index (κ1) is 11.0. The Bertz CT molecular complexity index is 167. The molecule has 1 amide bonds. The molecular formula is C5H9F3N2O2. The van der Waals surface area contributed by atoms with Crippen LogP contribution >= 0.6 is 0 Å². The van der Waals surface area contributed by atoms with Crippen molar-refractivity contribution in [2.75, 3.05) is 13.2 Å². The molecule has 0 saturated heterocycles. The Hall–Kier alpha value is -0.980. The number of primary amides is 1. The van der Waals surface area contributed by atoms with Crippen molar-refractivity contribution in [1.82, 2.24) is 0 Å². The third-order valence-corrected chi connectivity index (χ3v) is 1.18. The number of nitrogens with two attached hydrogens (primary N) is 2. The third-order valence-electron chi connectivity index (χ3n) is 1.18. The van der Waals surface area contributed by atoms with Gasteiger partial charge >= 0.3 is 6.09 Å². The van der Waals surface area contributed by atoms with Crippen LogP contribution in [0.1, 0.15) is 0 Å². The van der Waals surface area contributed by atoms with Crippen LogP contribution in [0.2, 0.25) is 0 Å². The number of ether oxygens (including phenoxy) is 1. The largest absolute Gasteiger partial charge is 0.446 e. The first-order valence-corrected chi connectivity index (χ1v) is 3.02. The van der Waals surface area contributed by atoms with Gasteiger partial charge in [-0.15, -0.1) is 0 Å². The number of hydrogen-bond donors (Lipinski definition) is 2. The predicted molar refractivity (Wildman–Crippen MR) is 34.4 cm³/mol. The van der Waals surface area contributed by atoms with Crippen molar-refractivity contribution in [3.05, 3.63) is 0 Å². The van der Waals surface area contributed by atoms with Gasteiger partial charge in [-0.05, 0) is 0 Å². The van der Waals surface area contributed by atoms with Gasteiger partial charge in [0.25, 0.3) is 6.43 Å². The lowest BCUT2D eigenvalue weighted by Crippen LogP contribution is -2.45. The quantitative estimate of drug-likeness (QED) is 0.649. The number of rotatable bonds is 4. The smallest absolute Gasteiger partial charge is 0.404 e. The summed E-state index contributed by atoms with van der Waals surface area (Å²) >= 11 is 0. The Morgan fingerprint density at radius 2 is 2.08 bits per heavy atom. The molecule has 7 heteroatoms. The van der Waals surface area contributed by atoms with E-state index >= 15 is 0 Å². The van der Waals surface area contributed by atoms with Gasteiger partial charge in [0, 0.05) is 6.54 Å². The molecule has 12 heavy (non-hydrogen) atoms. The monoisotopic (exact) mass is 186 g/mol. The summed E-state index contributed by atoms with van der Waals surface area (Å²) in [5.74, 6) is 0. The summed E-state index contributed by atoms with van der Waals surface area (Å²) < 4.78 is 40.4. The second kappa shape index (κ2) is 4.15. The second-order valence-electron chi connectivity index (χ2n) is 2.15. The summed E-state index contributed by atoms with van der Waals surface area (Å²) in [7, 11) is 0. The van der Waals surface area contributed by atoms with Gasteiger partial charge in [-0.1, -0.05) is 0 Å². The summed E-state index contributed by atoms with van der Waals surface area (Å²) in [4.78, 5) is 9.93. The van der Waals surface area contributed by atoms with Crippen LogP contribution < -0.4 is 11.5 Å². The highest BCUT2D eigenvalue weighted by Gasteiger charge is 2.40. The Labute approximate surface area is 66.7 Å². The highest BCUT2D eigenvalue weighted by atomic mass is 19.3. The Kier molecular flexibility index (Phi) is 3.81. The van der Waals surface area contributed by atoms with Crippen molar-refractivity contribution >= 4 is 6.09 Å². The SMILES string of the molecule is NCC(F)(COC(N)=O)C(F)F. The van der Waals surface area contributed by atoms with Crippen molar-refractivity contribution in [3.8, 4) is 0 Å². The molecule has 1 atom stereocenters. The number of carbonyl (C=O) groups is 1. The fourth-order valence-electron chi connectivity index (χ4n) is 0.402. The maximum atomic E-state index is 12.8. The average Bonchev–Trinajstić information content (AvgIpc) is 1.99. The van der Waals surface area contributed by atoms with Crippen molar-refractivity contribution in [2.45, 2.75) is 12.1 Å². The molecule has 0 rings (SSSR count). The van der Waals surface area contributed by atoms with E-state index in [2.05, 4.69) is 10.5 Å². The molecule has 0 radical (unpaired) electrons. The van der Waals surface area contributed by atoms with Crippen LogP contribution in [0, 0.1) is 0 Å². The van der Waals surface area contributed by atoms with Crippen LogP contribution in [-0.4, -0.2) is 31.3 Å². The molecule has 4 nitrogen and oxygen atoms in total. The number of alkyl halides is 3. The number of hydrogen-bond acceptors (Lipinski definition) is 3. The summed E-state index contributed by atoms with van der Waals surface area (Å²) in [6.07, 6.45) is -4.62. The molecule has 0 aliphatic rings. The molecule has 0 bridgehead atoms. The lowest BCUT2D eigenvalue weighted by molar-refractivity contribution is -0.0623. The van der Waals surface area contributed by atoms with Crippen molar-refractivity contribution < 1.29 is 22.7 Å². The van der Waals surface area contributed by atoms with Gasteiger partial charge in [0.1, 0.15) is 6.61 Å². The molecule has 0 aromatic rings. The van der Waals surface area contributed by atoms with E-state index in [1.807, 2.05) is 0 Å². The number of carbonyl (C=O) groups excluding carboxylic acids is 1. The molecule has 4 N–H and O–H groups in total. The molecule has 72 valence electrons. The number of amides is 1. The molecule has 0 saturated carbocycles. The minimum atomic E-state index is -3.30. The van der Waals surface area contributed by atoms with E-state index in [1.165, 1.54) is 0 Å². The van der Waals surface area contributed by atoms with Crippen molar-refractivity contribution in [2.24, 2.45) is 11.5 Å². The van der Waals surface area contributed by atoms with Gasteiger partial charge in [-0.2, -0.15) is 0 Å². The highest BCUT2D eigenvalue weighted by Crippen LogP contribution is 2.19. The highest BCUT2D eigenvalue weighted by molar-refractivity contribution is 5.64. The minimum Gasteiger partial charge on any atom is -0.446 e. The number of halogens is 3. The fourth-order valence-corrected chi connectivity index (χ4v) is 0.402. The molecule has 0 aromatic heterocycles. The van der Waals surface area contributed by atoms with Crippen molar-refractivity contribution in [1.29, 1.82) is 0 Å². The van der Waals surface area contributed by atoms with E-state index in [-0.39, 0.29) is 0 Å². The van der Waals surface area contributed by atoms with Gasteiger partial charge in [-0.3, -0.25) is 0 Å². The van der Waals surface area contributed by atoms with Crippen LogP contribution in [0.15, 0.2) is 0 Å². The molecule has 0 fully saturated rings. The van der Waals surface area contributed by atoms with Gasteiger partial charge in [-0.25, -0.2) is 18.0 Å². The van der Waals surface area contributed by atoms with Crippen LogP contribution in [0.3, 0.4) is 0 Å². The zero-order valence-electron chi connectivity index (χ0n) is 6.10. The van der Waals surface area contributed by atoms with Gasteiger partial charge < -0.3 is 16.2 Å². The molecule has 0 aliphatic carbocycles.